The normalized spacial score (nSPS) is 12.5. The Kier molecular flexibility index (Phi) is 3.43. The lowest BCUT2D eigenvalue weighted by molar-refractivity contribution is 0.587. The van der Waals surface area contributed by atoms with Crippen molar-refractivity contribution in [2.45, 2.75) is 12.3 Å². The quantitative estimate of drug-likeness (QED) is 0.685. The van der Waals surface area contributed by atoms with Crippen LogP contribution >= 0.6 is 11.6 Å². The standard InChI is InChI=1S/C14H11ClF2/c1-9-4-2-3-5-11(9)14(15)12-8-10(16)6-7-13(12)17/h2-8,14H,1H3. The van der Waals surface area contributed by atoms with E-state index in [1.165, 1.54) is 0 Å². The minimum absolute atomic E-state index is 0.168. The largest absolute Gasteiger partial charge is 0.207 e. The van der Waals surface area contributed by atoms with Crippen molar-refractivity contribution < 1.29 is 8.78 Å². The fourth-order valence-corrected chi connectivity index (χ4v) is 2.16. The zero-order valence-electron chi connectivity index (χ0n) is 9.25. The van der Waals surface area contributed by atoms with Gasteiger partial charge in [0.2, 0.25) is 0 Å². The molecule has 0 aliphatic rings. The molecule has 0 fully saturated rings. The second-order valence-electron chi connectivity index (χ2n) is 3.88. The highest BCUT2D eigenvalue weighted by atomic mass is 35.5. The number of aryl methyl sites for hydroxylation is 1. The van der Waals surface area contributed by atoms with Crippen LogP contribution in [0, 0.1) is 18.6 Å². The van der Waals surface area contributed by atoms with Crippen molar-refractivity contribution >= 4 is 11.6 Å². The first-order valence-corrected chi connectivity index (χ1v) is 5.68. The lowest BCUT2D eigenvalue weighted by Crippen LogP contribution is -2.00. The number of benzene rings is 2. The minimum Gasteiger partial charge on any atom is -0.207 e. The van der Waals surface area contributed by atoms with Gasteiger partial charge in [-0.1, -0.05) is 24.3 Å². The van der Waals surface area contributed by atoms with E-state index in [9.17, 15) is 8.78 Å². The molecule has 0 aliphatic carbocycles. The van der Waals surface area contributed by atoms with Gasteiger partial charge in [0.1, 0.15) is 11.6 Å². The molecule has 0 bridgehead atoms. The second kappa shape index (κ2) is 4.84. The third kappa shape index (κ3) is 2.47. The molecular weight excluding hydrogens is 242 g/mol. The fraction of sp³-hybridized carbons (Fsp3) is 0.143. The molecule has 0 spiro atoms. The van der Waals surface area contributed by atoms with Crippen LogP contribution in [-0.2, 0) is 0 Å². The molecule has 0 nitrogen and oxygen atoms in total. The summed E-state index contributed by atoms with van der Waals surface area (Å²) >= 11 is 6.21. The van der Waals surface area contributed by atoms with Crippen LogP contribution in [0.5, 0.6) is 0 Å². The lowest BCUT2D eigenvalue weighted by atomic mass is 9.99. The van der Waals surface area contributed by atoms with Crippen molar-refractivity contribution in [2.75, 3.05) is 0 Å². The monoisotopic (exact) mass is 252 g/mol. The number of rotatable bonds is 2. The SMILES string of the molecule is Cc1ccccc1C(Cl)c1cc(F)ccc1F. The van der Waals surface area contributed by atoms with Crippen LogP contribution in [0.2, 0.25) is 0 Å². The third-order valence-corrected chi connectivity index (χ3v) is 3.16. The summed E-state index contributed by atoms with van der Waals surface area (Å²) < 4.78 is 26.7. The summed E-state index contributed by atoms with van der Waals surface area (Å²) in [7, 11) is 0. The first-order chi connectivity index (χ1) is 8.09. The van der Waals surface area contributed by atoms with Crippen molar-refractivity contribution in [1.29, 1.82) is 0 Å². The Morgan fingerprint density at radius 3 is 2.41 bits per heavy atom. The maximum absolute atomic E-state index is 13.6. The third-order valence-electron chi connectivity index (χ3n) is 2.69. The van der Waals surface area contributed by atoms with E-state index in [1.54, 1.807) is 0 Å². The maximum atomic E-state index is 13.6. The van der Waals surface area contributed by atoms with Crippen molar-refractivity contribution in [3.8, 4) is 0 Å². The molecule has 0 saturated heterocycles. The molecule has 2 aromatic carbocycles. The number of halogens is 3. The molecule has 0 heterocycles. The Morgan fingerprint density at radius 2 is 1.71 bits per heavy atom. The molecule has 0 amide bonds. The smallest absolute Gasteiger partial charge is 0.128 e. The molecule has 88 valence electrons. The molecule has 3 heteroatoms. The molecule has 2 aromatic rings. The highest BCUT2D eigenvalue weighted by Gasteiger charge is 2.17. The molecule has 17 heavy (non-hydrogen) atoms. The van der Waals surface area contributed by atoms with Crippen LogP contribution < -0.4 is 0 Å². The van der Waals surface area contributed by atoms with E-state index in [1.807, 2.05) is 31.2 Å². The summed E-state index contributed by atoms with van der Waals surface area (Å²) in [6, 6.07) is 10.7. The van der Waals surface area contributed by atoms with Crippen LogP contribution in [0.1, 0.15) is 22.1 Å². The first kappa shape index (κ1) is 12.1. The fourth-order valence-electron chi connectivity index (χ4n) is 1.75. The zero-order valence-corrected chi connectivity index (χ0v) is 10.0. The number of alkyl halides is 1. The van der Waals surface area contributed by atoms with Gasteiger partial charge in [-0.05, 0) is 36.2 Å². The Bertz CT molecular complexity index is 537. The van der Waals surface area contributed by atoms with Crippen LogP contribution in [0.15, 0.2) is 42.5 Å². The summed E-state index contributed by atoms with van der Waals surface area (Å²) in [5.41, 5.74) is 1.91. The zero-order chi connectivity index (χ0) is 12.4. The van der Waals surface area contributed by atoms with Crippen molar-refractivity contribution in [3.63, 3.8) is 0 Å². The van der Waals surface area contributed by atoms with Crippen molar-refractivity contribution in [3.05, 3.63) is 70.8 Å². The first-order valence-electron chi connectivity index (χ1n) is 5.24. The average molecular weight is 253 g/mol. The van der Waals surface area contributed by atoms with Gasteiger partial charge in [0, 0.05) is 5.56 Å². The molecule has 0 saturated carbocycles. The second-order valence-corrected chi connectivity index (χ2v) is 4.32. The minimum atomic E-state index is -0.674. The Hall–Kier alpha value is -1.41. The summed E-state index contributed by atoms with van der Waals surface area (Å²) in [6.07, 6.45) is 0. The summed E-state index contributed by atoms with van der Waals surface area (Å²) in [5, 5.41) is -0.674. The van der Waals surface area contributed by atoms with Gasteiger partial charge in [-0.3, -0.25) is 0 Å². The van der Waals surface area contributed by atoms with Crippen LogP contribution in [0.25, 0.3) is 0 Å². The topological polar surface area (TPSA) is 0 Å². The van der Waals surface area contributed by atoms with Crippen molar-refractivity contribution in [2.24, 2.45) is 0 Å². The van der Waals surface area contributed by atoms with Gasteiger partial charge in [-0.15, -0.1) is 11.6 Å². The highest BCUT2D eigenvalue weighted by molar-refractivity contribution is 6.22. The van der Waals surface area contributed by atoms with E-state index in [-0.39, 0.29) is 5.56 Å². The van der Waals surface area contributed by atoms with Crippen LogP contribution in [0.4, 0.5) is 8.78 Å². The van der Waals surface area contributed by atoms with Gasteiger partial charge in [-0.2, -0.15) is 0 Å². The Balaban J connectivity index is 2.47. The number of hydrogen-bond donors (Lipinski definition) is 0. The number of hydrogen-bond acceptors (Lipinski definition) is 0. The Morgan fingerprint density at radius 1 is 1.00 bits per heavy atom. The van der Waals surface area contributed by atoms with Gasteiger partial charge >= 0.3 is 0 Å². The predicted octanol–water partition coefficient (Wildman–Crippen LogP) is 4.60. The van der Waals surface area contributed by atoms with Gasteiger partial charge < -0.3 is 0 Å². The highest BCUT2D eigenvalue weighted by Crippen LogP contribution is 2.32. The average Bonchev–Trinajstić information content (AvgIpc) is 2.32. The van der Waals surface area contributed by atoms with Gasteiger partial charge in [0.05, 0.1) is 5.38 Å². The molecule has 2 rings (SSSR count). The summed E-state index contributed by atoms with van der Waals surface area (Å²) in [6.45, 7) is 1.89. The molecule has 0 aromatic heterocycles. The van der Waals surface area contributed by atoms with E-state index in [0.29, 0.717) is 0 Å². The lowest BCUT2D eigenvalue weighted by Gasteiger charge is -2.13. The molecule has 1 atom stereocenters. The molecular formula is C14H11ClF2. The summed E-state index contributed by atoms with van der Waals surface area (Å²) in [5.74, 6) is -0.977. The predicted molar refractivity (Wildman–Crippen MR) is 65.2 cm³/mol. The van der Waals surface area contributed by atoms with Crippen LogP contribution in [0.3, 0.4) is 0 Å². The maximum Gasteiger partial charge on any atom is 0.128 e. The van der Waals surface area contributed by atoms with E-state index in [2.05, 4.69) is 0 Å². The molecule has 0 N–H and O–H groups in total. The van der Waals surface area contributed by atoms with Crippen LogP contribution in [-0.4, -0.2) is 0 Å². The van der Waals surface area contributed by atoms with E-state index in [0.717, 1.165) is 29.3 Å². The molecule has 1 unspecified atom stereocenters. The van der Waals surface area contributed by atoms with E-state index >= 15 is 0 Å². The van der Waals surface area contributed by atoms with E-state index in [4.69, 9.17) is 11.6 Å². The summed E-state index contributed by atoms with van der Waals surface area (Å²) in [4.78, 5) is 0. The Labute approximate surface area is 104 Å². The van der Waals surface area contributed by atoms with Gasteiger partial charge in [-0.25, -0.2) is 8.78 Å². The van der Waals surface area contributed by atoms with Gasteiger partial charge in [0.15, 0.2) is 0 Å². The van der Waals surface area contributed by atoms with E-state index < -0.39 is 17.0 Å². The molecule has 0 radical (unpaired) electrons. The molecule has 0 aliphatic heterocycles. The van der Waals surface area contributed by atoms with Crippen molar-refractivity contribution in [1.82, 2.24) is 0 Å². The van der Waals surface area contributed by atoms with Gasteiger partial charge in [0.25, 0.3) is 0 Å².